The fourth-order valence-electron chi connectivity index (χ4n) is 2.80. The molecule has 0 aromatic rings. The van der Waals surface area contributed by atoms with Crippen molar-refractivity contribution in [1.29, 1.82) is 0 Å². The fourth-order valence-corrected chi connectivity index (χ4v) is 2.80. The highest BCUT2D eigenvalue weighted by molar-refractivity contribution is 5.62. The third-order valence-corrected chi connectivity index (χ3v) is 4.34. The molecule has 0 saturated heterocycles. The third kappa shape index (κ3) is 36.9. The van der Waals surface area contributed by atoms with E-state index in [1.807, 2.05) is 0 Å². The molecule has 0 atom stereocenters. The number of carbonyl (C=O) groups is 1. The molecule has 0 radical (unpaired) electrons. The minimum atomic E-state index is -0.833. The molecule has 0 aliphatic carbocycles. The summed E-state index contributed by atoms with van der Waals surface area (Å²) in [6, 6.07) is 0. The normalized spacial score (nSPS) is 10.5. The van der Waals surface area contributed by atoms with Gasteiger partial charge in [0.1, 0.15) is 0 Å². The Bertz CT molecular complexity index is 252. The van der Waals surface area contributed by atoms with E-state index in [-0.39, 0.29) is 0 Å². The Balaban J connectivity index is 0. The van der Waals surface area contributed by atoms with Crippen LogP contribution in [0.1, 0.15) is 104 Å². The largest absolute Gasteiger partial charge is 0.481 e. The molecule has 164 valence electrons. The van der Waals surface area contributed by atoms with Gasteiger partial charge in [-0.25, -0.2) is 0 Å². The second-order valence-electron chi connectivity index (χ2n) is 7.27. The van der Waals surface area contributed by atoms with Gasteiger partial charge in [0.05, 0.1) is 0 Å². The van der Waals surface area contributed by atoms with Crippen LogP contribution < -0.4 is 11.1 Å². The average Bonchev–Trinajstić information content (AvgIpc) is 2.63. The van der Waals surface area contributed by atoms with E-state index in [0.29, 0.717) is 0 Å². The Morgan fingerprint density at radius 1 is 0.778 bits per heavy atom. The van der Waals surface area contributed by atoms with Crippen molar-refractivity contribution in [3.05, 3.63) is 0 Å². The van der Waals surface area contributed by atoms with Gasteiger partial charge in [-0.2, -0.15) is 0 Å². The summed E-state index contributed by atoms with van der Waals surface area (Å²) in [4.78, 5) is 9.00. The van der Waals surface area contributed by atoms with Gasteiger partial charge in [0.2, 0.25) is 0 Å². The van der Waals surface area contributed by atoms with Gasteiger partial charge in [0.25, 0.3) is 5.97 Å². The van der Waals surface area contributed by atoms with Crippen molar-refractivity contribution in [1.82, 2.24) is 5.32 Å². The van der Waals surface area contributed by atoms with Crippen LogP contribution in [0.15, 0.2) is 0 Å². The topological polar surface area (TPSA) is 84.6 Å². The lowest BCUT2D eigenvalue weighted by Crippen LogP contribution is -2.20. The summed E-state index contributed by atoms with van der Waals surface area (Å²) >= 11 is 0. The predicted octanol–water partition coefficient (Wildman–Crippen LogP) is 5.12. The molecule has 0 amide bonds. The molecule has 0 saturated carbocycles. The highest BCUT2D eigenvalue weighted by Gasteiger charge is 1.94. The van der Waals surface area contributed by atoms with Gasteiger partial charge >= 0.3 is 0 Å². The molecule has 5 nitrogen and oxygen atoms in total. The molecular formula is C22H48N2O3. The number of unbranched alkanes of at least 4 members (excludes halogenated alkanes) is 11. The predicted molar refractivity (Wildman–Crippen MR) is 116 cm³/mol. The van der Waals surface area contributed by atoms with E-state index in [9.17, 15) is 0 Å². The smallest absolute Gasteiger partial charge is 0.300 e. The first-order valence-corrected chi connectivity index (χ1v) is 11.3. The second kappa shape index (κ2) is 27.6. The Hall–Kier alpha value is -0.650. The zero-order valence-corrected chi connectivity index (χ0v) is 18.3. The summed E-state index contributed by atoms with van der Waals surface area (Å²) in [7, 11) is 0. The number of nitrogens with two attached hydrogens (primary N) is 1. The van der Waals surface area contributed by atoms with Crippen molar-refractivity contribution in [2.45, 2.75) is 104 Å². The van der Waals surface area contributed by atoms with E-state index in [2.05, 4.69) is 12.2 Å². The monoisotopic (exact) mass is 388 g/mol. The van der Waals surface area contributed by atoms with E-state index in [0.717, 1.165) is 52.6 Å². The van der Waals surface area contributed by atoms with E-state index < -0.39 is 5.97 Å². The Morgan fingerprint density at radius 2 is 1.19 bits per heavy atom. The number of nitrogens with one attached hydrogen (secondary N) is 1. The van der Waals surface area contributed by atoms with Crippen LogP contribution in [0.4, 0.5) is 0 Å². The number of ether oxygens (including phenoxy) is 1. The van der Waals surface area contributed by atoms with Crippen molar-refractivity contribution >= 4 is 5.97 Å². The summed E-state index contributed by atoms with van der Waals surface area (Å²) < 4.78 is 5.67. The SMILES string of the molecule is CC(=O)O.CCCCCCCCCCCCCCOCCCNCCCN. The maximum Gasteiger partial charge on any atom is 0.300 e. The van der Waals surface area contributed by atoms with E-state index >= 15 is 0 Å². The van der Waals surface area contributed by atoms with Gasteiger partial charge in [0, 0.05) is 20.1 Å². The molecule has 0 unspecified atom stereocenters. The van der Waals surface area contributed by atoms with Crippen LogP contribution in [0.25, 0.3) is 0 Å². The molecular weight excluding hydrogens is 340 g/mol. The van der Waals surface area contributed by atoms with Crippen LogP contribution in [-0.4, -0.2) is 43.9 Å². The van der Waals surface area contributed by atoms with Crippen molar-refractivity contribution in [2.24, 2.45) is 5.73 Å². The maximum absolute atomic E-state index is 9.00. The van der Waals surface area contributed by atoms with Crippen LogP contribution in [0.5, 0.6) is 0 Å². The molecule has 0 fully saturated rings. The molecule has 0 heterocycles. The lowest BCUT2D eigenvalue weighted by atomic mass is 10.1. The van der Waals surface area contributed by atoms with Gasteiger partial charge in [-0.05, 0) is 38.9 Å². The minimum Gasteiger partial charge on any atom is -0.481 e. The van der Waals surface area contributed by atoms with Crippen molar-refractivity contribution in [3.8, 4) is 0 Å². The lowest BCUT2D eigenvalue weighted by molar-refractivity contribution is -0.134. The van der Waals surface area contributed by atoms with E-state index in [1.54, 1.807) is 0 Å². The minimum absolute atomic E-state index is 0.780. The Labute approximate surface area is 168 Å². The molecule has 0 aliphatic rings. The molecule has 0 aromatic carbocycles. The van der Waals surface area contributed by atoms with Crippen molar-refractivity contribution in [2.75, 3.05) is 32.8 Å². The molecule has 0 spiro atoms. The lowest BCUT2D eigenvalue weighted by Gasteiger charge is -2.06. The number of hydrogen-bond acceptors (Lipinski definition) is 4. The summed E-state index contributed by atoms with van der Waals surface area (Å²) in [5.41, 5.74) is 5.44. The highest BCUT2D eigenvalue weighted by Crippen LogP contribution is 2.11. The number of hydrogen-bond donors (Lipinski definition) is 3. The first-order chi connectivity index (χ1) is 13.1. The first-order valence-electron chi connectivity index (χ1n) is 11.3. The zero-order valence-electron chi connectivity index (χ0n) is 18.3. The zero-order chi connectivity index (χ0) is 20.4. The van der Waals surface area contributed by atoms with Gasteiger partial charge in [0.15, 0.2) is 0 Å². The van der Waals surface area contributed by atoms with Crippen LogP contribution in [-0.2, 0) is 9.53 Å². The molecule has 0 bridgehead atoms. The molecule has 0 aromatic heterocycles. The highest BCUT2D eigenvalue weighted by atomic mass is 16.5. The van der Waals surface area contributed by atoms with E-state index in [4.69, 9.17) is 20.4 Å². The molecule has 0 rings (SSSR count). The van der Waals surface area contributed by atoms with Crippen LogP contribution in [0, 0.1) is 0 Å². The Kier molecular flexibility index (Phi) is 29.2. The van der Waals surface area contributed by atoms with Crippen LogP contribution >= 0.6 is 0 Å². The van der Waals surface area contributed by atoms with Gasteiger partial charge in [-0.1, -0.05) is 77.6 Å². The van der Waals surface area contributed by atoms with Crippen molar-refractivity contribution < 1.29 is 14.6 Å². The molecule has 0 aliphatic heterocycles. The van der Waals surface area contributed by atoms with Gasteiger partial charge in [-0.15, -0.1) is 0 Å². The summed E-state index contributed by atoms with van der Waals surface area (Å²) in [6.45, 7) is 8.08. The fraction of sp³-hybridized carbons (Fsp3) is 0.955. The Morgan fingerprint density at radius 3 is 1.67 bits per heavy atom. The standard InChI is InChI=1S/C20H44N2O.C2H4O2/c1-2-3-4-5-6-7-8-9-10-11-12-13-19-23-20-15-18-22-17-14-16-21;1-2(3)4/h22H,2-21H2,1H3;1H3,(H,3,4). The second-order valence-corrected chi connectivity index (χ2v) is 7.27. The van der Waals surface area contributed by atoms with Gasteiger partial charge in [-0.3, -0.25) is 4.79 Å². The van der Waals surface area contributed by atoms with Crippen molar-refractivity contribution in [3.63, 3.8) is 0 Å². The first kappa shape index (κ1) is 28.6. The molecule has 4 N–H and O–H groups in total. The summed E-state index contributed by atoms with van der Waals surface area (Å²) in [5.74, 6) is -0.833. The van der Waals surface area contributed by atoms with Gasteiger partial charge < -0.3 is 20.9 Å². The summed E-state index contributed by atoms with van der Waals surface area (Å²) in [5, 5.41) is 10.8. The summed E-state index contributed by atoms with van der Waals surface area (Å²) in [6.07, 6.45) is 19.0. The number of aliphatic carboxylic acids is 1. The number of carboxylic acid groups (broad SMARTS) is 1. The quantitative estimate of drug-likeness (QED) is 0.252. The van der Waals surface area contributed by atoms with Crippen LogP contribution in [0.2, 0.25) is 0 Å². The number of rotatable bonds is 20. The molecule has 5 heteroatoms. The third-order valence-electron chi connectivity index (χ3n) is 4.34. The maximum atomic E-state index is 9.00. The molecule has 27 heavy (non-hydrogen) atoms. The van der Waals surface area contributed by atoms with Crippen LogP contribution in [0.3, 0.4) is 0 Å². The average molecular weight is 389 g/mol. The van der Waals surface area contributed by atoms with E-state index in [1.165, 1.54) is 77.0 Å². The number of carboxylic acids is 1.